The predicted octanol–water partition coefficient (Wildman–Crippen LogP) is 23.8. The second-order valence-corrected chi connectivity index (χ2v) is 26.2. The summed E-state index contributed by atoms with van der Waals surface area (Å²) in [6.07, 6.45) is 9.16. The molecule has 110 heavy (non-hydrogen) atoms. The van der Waals surface area contributed by atoms with Crippen molar-refractivity contribution in [3.63, 3.8) is 0 Å². The quantitative estimate of drug-likeness (QED) is 0.0984. The number of para-hydroxylation sites is 4. The molecule has 0 saturated heterocycles. The Labute approximate surface area is 664 Å². The molecule has 0 unspecified atom stereocenters. The molecule has 524 valence electrons. The van der Waals surface area contributed by atoms with Crippen LogP contribution in [0.15, 0.2) is 371 Å². The van der Waals surface area contributed by atoms with Gasteiger partial charge in [-0.3, -0.25) is 0 Å². The first kappa shape index (κ1) is 69.6. The molecule has 20 rings (SSSR count). The zero-order chi connectivity index (χ0) is 71.7. The van der Waals surface area contributed by atoms with Gasteiger partial charge < -0.3 is 38.9 Å². The van der Waals surface area contributed by atoms with E-state index >= 15 is 0 Å². The second-order valence-electron chi connectivity index (χ2n) is 26.2. The Kier molecular flexibility index (Phi) is 19.5. The maximum Gasteiger partial charge on any atom is 2.00 e. The fourth-order valence-corrected chi connectivity index (χ4v) is 14.5. The molecule has 9 aromatic heterocycles. The Morgan fingerprint density at radius 2 is 0.636 bits per heavy atom. The van der Waals surface area contributed by atoms with Crippen LogP contribution in [0, 0.1) is 24.3 Å². The molecule has 0 atom stereocenters. The molecular weight excluding hydrogens is 1710 g/mol. The molecule has 0 amide bonds. The van der Waals surface area contributed by atoms with E-state index in [0.29, 0.717) is 0 Å². The summed E-state index contributed by atoms with van der Waals surface area (Å²) in [6.45, 7) is 0. The van der Waals surface area contributed by atoms with Crippen LogP contribution in [-0.4, -0.2) is 44.0 Å². The van der Waals surface area contributed by atoms with E-state index in [4.69, 9.17) is 15.0 Å². The van der Waals surface area contributed by atoms with Crippen molar-refractivity contribution in [2.24, 2.45) is 0 Å². The molecule has 11 aromatic carbocycles. The van der Waals surface area contributed by atoms with Gasteiger partial charge >= 0.3 is 42.1 Å². The Morgan fingerprint density at radius 1 is 0.264 bits per heavy atom. The molecule has 0 saturated carbocycles. The number of nitrogens with zero attached hydrogens (tertiary/aromatic N) is 11. The minimum atomic E-state index is 0. The first-order valence-corrected chi connectivity index (χ1v) is 35.7. The van der Waals surface area contributed by atoms with Gasteiger partial charge in [0.2, 0.25) is 0 Å². The number of aromatic nitrogens is 9. The molecule has 0 N–H and O–H groups in total. The normalized spacial score (nSPS) is 11.1. The second kappa shape index (κ2) is 30.8. The summed E-state index contributed by atoms with van der Waals surface area (Å²) < 4.78 is 4.62. The van der Waals surface area contributed by atoms with Crippen molar-refractivity contribution in [2.45, 2.75) is 0 Å². The van der Waals surface area contributed by atoms with Crippen molar-refractivity contribution in [2.75, 3.05) is 9.80 Å². The van der Waals surface area contributed by atoms with Crippen LogP contribution in [0.25, 0.3) is 144 Å². The van der Waals surface area contributed by atoms with E-state index < -0.39 is 0 Å². The van der Waals surface area contributed by atoms with Crippen molar-refractivity contribution < 1.29 is 42.1 Å². The van der Waals surface area contributed by atoms with Crippen LogP contribution in [-0.2, 0) is 42.1 Å². The van der Waals surface area contributed by atoms with Crippen molar-refractivity contribution >= 4 is 99.9 Å². The number of fused-ring (bicyclic) bond motifs is 8. The summed E-state index contributed by atoms with van der Waals surface area (Å²) in [4.78, 5) is 38.2. The van der Waals surface area contributed by atoms with Gasteiger partial charge in [0.05, 0.1) is 44.1 Å². The largest absolute Gasteiger partial charge is 2.00 e. The molecule has 20 aromatic rings. The van der Waals surface area contributed by atoms with Gasteiger partial charge in [-0.25, -0.2) is 15.0 Å². The van der Waals surface area contributed by atoms with Crippen LogP contribution in [0.1, 0.15) is 0 Å². The molecule has 0 aliphatic rings. The third-order valence-corrected chi connectivity index (χ3v) is 19.5. The molecule has 13 heteroatoms. The smallest absolute Gasteiger partial charge is 0.346 e. The van der Waals surface area contributed by atoms with E-state index in [0.717, 1.165) is 179 Å². The number of pyridine rings is 7. The van der Waals surface area contributed by atoms with E-state index in [2.05, 4.69) is 263 Å². The van der Waals surface area contributed by atoms with Gasteiger partial charge in [0.15, 0.2) is 0 Å². The Hall–Kier alpha value is -13.4. The minimum Gasteiger partial charge on any atom is -0.346 e. The number of hydrogen-bond donors (Lipinski definition) is 0. The van der Waals surface area contributed by atoms with Crippen LogP contribution < -0.4 is 9.80 Å². The van der Waals surface area contributed by atoms with Gasteiger partial charge in [-0.05, 0) is 184 Å². The first-order chi connectivity index (χ1) is 53.5. The van der Waals surface area contributed by atoms with Crippen molar-refractivity contribution in [1.29, 1.82) is 0 Å². The molecule has 0 bridgehead atoms. The summed E-state index contributed by atoms with van der Waals surface area (Å²) >= 11 is 0. The maximum atomic E-state index is 5.23. The Morgan fingerprint density at radius 3 is 1.05 bits per heavy atom. The zero-order valence-corrected chi connectivity index (χ0v) is 63.3. The van der Waals surface area contributed by atoms with Gasteiger partial charge in [-0.15, -0.1) is 119 Å². The van der Waals surface area contributed by atoms with Crippen LogP contribution in [0.2, 0.25) is 0 Å². The molecule has 0 spiro atoms. The van der Waals surface area contributed by atoms with Crippen molar-refractivity contribution in [3.8, 4) is 78.7 Å². The summed E-state index contributed by atoms with van der Waals surface area (Å²) in [6, 6.07) is 131. The monoisotopic (exact) mass is 1770 g/mol. The third-order valence-electron chi connectivity index (χ3n) is 19.5. The molecule has 11 nitrogen and oxygen atoms in total. The number of benzene rings is 11. The predicted molar refractivity (Wildman–Crippen MR) is 438 cm³/mol. The third kappa shape index (κ3) is 13.6. The molecule has 0 radical (unpaired) electrons. The van der Waals surface area contributed by atoms with E-state index in [1.54, 1.807) is 12.4 Å². The molecular formula is C97H61N11Pt2. The average molecular weight is 1770 g/mol. The standard InChI is InChI=1S/C49H31N5.C48H30N6.2Pt/c1-2-17-39(18-3-1)54-47-26-25-35(32-43(47)49-48(54)33-38-13-4-5-24-46(38)52-49)34-14-10-19-40(29-34)53(41-20-11-15-36(30-41)44-22-6-8-27-50-44)42-21-12-16-37(31-42)45-23-7-9-28-51-45;1-2-15-38(16-3-1)54-45-24-22-33(30-41(45)48-46(54)31-36-12-4-5-21-44(36)52-48)37-23-25-47(51-32-37)53(39-17-10-13-34(28-39)42-19-6-8-26-49-42)40-18-11-14-35(29-40)43-20-7-9-27-50-43;;/h1-29,32-33H;1-27,30-32H;;/q2*-2;2*+2. The summed E-state index contributed by atoms with van der Waals surface area (Å²) in [7, 11) is 0. The molecule has 0 aliphatic heterocycles. The van der Waals surface area contributed by atoms with Gasteiger partial charge in [-0.1, -0.05) is 146 Å². The first-order valence-electron chi connectivity index (χ1n) is 35.7. The van der Waals surface area contributed by atoms with Crippen LogP contribution in [0.5, 0.6) is 0 Å². The SMILES string of the molecule is [Pt+2].[Pt+2].[c-]1c(-c2ccccn2)cccc1N(c1[c-]c(-c2ccccn2)ccc1)c1ccc(-c2ccc3c(c2)c2nc4ccccc4cc2n3-c2ccccc2)cn1.[c-]1c(-c2ccccn2)cccc1N(c1[c-]c(-c2ccccn2)ccc1)c1cccc(-c2ccc3c(c2)c2nc4ccccc4cc2n3-c2ccccc2)c1. The number of rotatable bonds is 14. The van der Waals surface area contributed by atoms with Crippen molar-refractivity contribution in [3.05, 3.63) is 395 Å². The number of anilines is 6. The van der Waals surface area contributed by atoms with Crippen LogP contribution in [0.3, 0.4) is 0 Å². The Balaban J connectivity index is 0.000000157. The summed E-state index contributed by atoms with van der Waals surface area (Å²) in [5.74, 6) is 0.734. The molecule has 0 fully saturated rings. The average Bonchev–Trinajstić information content (AvgIpc) is 1.58. The van der Waals surface area contributed by atoms with Gasteiger partial charge in [0.1, 0.15) is 5.82 Å². The van der Waals surface area contributed by atoms with Gasteiger partial charge in [0, 0.05) is 75.2 Å². The maximum absolute atomic E-state index is 5.23. The van der Waals surface area contributed by atoms with Gasteiger partial charge in [-0.2, -0.15) is 0 Å². The van der Waals surface area contributed by atoms with Gasteiger partial charge in [0.25, 0.3) is 0 Å². The number of hydrogen-bond acceptors (Lipinski definition) is 9. The minimum absolute atomic E-state index is 0. The topological polar surface area (TPSA) is 107 Å². The molecule has 9 heterocycles. The fraction of sp³-hybridized carbons (Fsp3) is 0. The van der Waals surface area contributed by atoms with E-state index in [1.165, 1.54) is 0 Å². The van der Waals surface area contributed by atoms with Crippen LogP contribution >= 0.6 is 0 Å². The van der Waals surface area contributed by atoms with Crippen molar-refractivity contribution in [1.82, 2.24) is 44.0 Å². The summed E-state index contributed by atoms with van der Waals surface area (Å²) in [5.41, 5.74) is 26.1. The fourth-order valence-electron chi connectivity index (χ4n) is 14.5. The van der Waals surface area contributed by atoms with E-state index in [-0.39, 0.29) is 42.1 Å². The van der Waals surface area contributed by atoms with E-state index in [9.17, 15) is 0 Å². The van der Waals surface area contributed by atoms with E-state index in [1.807, 2.05) is 158 Å². The zero-order valence-electron chi connectivity index (χ0n) is 58.8. The Bertz CT molecular complexity index is 6520. The van der Waals surface area contributed by atoms with Crippen LogP contribution in [0.4, 0.5) is 34.3 Å². The summed E-state index contributed by atoms with van der Waals surface area (Å²) in [5, 5.41) is 4.42. The molecule has 0 aliphatic carbocycles.